The number of pyridine rings is 1. The molecule has 0 aliphatic carbocycles. The molecule has 1 aliphatic rings. The molecule has 1 amide bonds. The summed E-state index contributed by atoms with van der Waals surface area (Å²) in [6.07, 6.45) is 4.47. The number of carbonyl (C=O) groups is 1. The molecule has 1 aromatic heterocycles. The van der Waals surface area contributed by atoms with Crippen molar-refractivity contribution in [3.05, 3.63) is 65.5 Å². The SMILES string of the molecule is CC(C)Cc1ccc(CN2CC[C@H](NC(=O)c3ccncc3)[C@@H](O)C2)cc1. The van der Waals surface area contributed by atoms with Gasteiger partial charge >= 0.3 is 0 Å². The second-order valence-corrected chi connectivity index (χ2v) is 7.82. The van der Waals surface area contributed by atoms with Crippen molar-refractivity contribution in [1.82, 2.24) is 15.2 Å². The van der Waals surface area contributed by atoms with E-state index in [1.54, 1.807) is 24.5 Å². The van der Waals surface area contributed by atoms with Crippen LogP contribution in [0.25, 0.3) is 0 Å². The standard InChI is InChI=1S/C22H29N3O2/c1-16(2)13-17-3-5-18(6-4-17)14-25-12-9-20(21(26)15-25)24-22(27)19-7-10-23-11-8-19/h3-8,10-11,16,20-21,26H,9,12-15H2,1-2H3,(H,24,27)/t20-,21-/m0/s1. The highest BCUT2D eigenvalue weighted by Crippen LogP contribution is 2.16. The van der Waals surface area contributed by atoms with Crippen LogP contribution >= 0.6 is 0 Å². The summed E-state index contributed by atoms with van der Waals surface area (Å²) in [5.41, 5.74) is 3.20. The summed E-state index contributed by atoms with van der Waals surface area (Å²) in [7, 11) is 0. The Balaban J connectivity index is 1.50. The minimum Gasteiger partial charge on any atom is -0.390 e. The molecular weight excluding hydrogens is 338 g/mol. The zero-order valence-corrected chi connectivity index (χ0v) is 16.1. The number of hydrogen-bond acceptors (Lipinski definition) is 4. The zero-order chi connectivity index (χ0) is 19.2. The Kier molecular flexibility index (Phi) is 6.58. The predicted octanol–water partition coefficient (Wildman–Crippen LogP) is 2.65. The first-order valence-electron chi connectivity index (χ1n) is 9.70. The second kappa shape index (κ2) is 9.11. The minimum atomic E-state index is -0.565. The normalized spacial score (nSPS) is 20.6. The molecule has 1 fully saturated rings. The largest absolute Gasteiger partial charge is 0.390 e. The fourth-order valence-electron chi connectivity index (χ4n) is 3.57. The van der Waals surface area contributed by atoms with Gasteiger partial charge in [-0.05, 0) is 42.0 Å². The third-order valence-electron chi connectivity index (χ3n) is 5.00. The molecule has 2 atom stereocenters. The highest BCUT2D eigenvalue weighted by atomic mass is 16.3. The number of β-amino-alcohol motifs (C(OH)–C–C–N with tert-alkyl or cyclic N) is 1. The van der Waals surface area contributed by atoms with Crippen molar-refractivity contribution in [3.8, 4) is 0 Å². The first-order chi connectivity index (χ1) is 13.0. The van der Waals surface area contributed by atoms with Gasteiger partial charge < -0.3 is 10.4 Å². The topological polar surface area (TPSA) is 65.5 Å². The van der Waals surface area contributed by atoms with Crippen molar-refractivity contribution in [2.24, 2.45) is 5.92 Å². The molecule has 1 aromatic carbocycles. The van der Waals surface area contributed by atoms with E-state index in [-0.39, 0.29) is 11.9 Å². The van der Waals surface area contributed by atoms with Gasteiger partial charge in [0.05, 0.1) is 12.1 Å². The molecule has 5 nitrogen and oxygen atoms in total. The number of nitrogens with zero attached hydrogens (tertiary/aromatic N) is 2. The molecule has 0 bridgehead atoms. The number of piperidine rings is 1. The van der Waals surface area contributed by atoms with Crippen LogP contribution in [0.2, 0.25) is 0 Å². The van der Waals surface area contributed by atoms with Crippen LogP contribution in [0, 0.1) is 5.92 Å². The number of likely N-dealkylation sites (tertiary alicyclic amines) is 1. The monoisotopic (exact) mass is 367 g/mol. The molecule has 3 rings (SSSR count). The molecule has 27 heavy (non-hydrogen) atoms. The van der Waals surface area contributed by atoms with E-state index in [9.17, 15) is 9.90 Å². The number of amides is 1. The van der Waals surface area contributed by atoms with Gasteiger partial charge in [-0.2, -0.15) is 0 Å². The van der Waals surface area contributed by atoms with Gasteiger partial charge in [-0.25, -0.2) is 0 Å². The molecule has 2 heterocycles. The maximum absolute atomic E-state index is 12.3. The summed E-state index contributed by atoms with van der Waals surface area (Å²) in [5, 5.41) is 13.4. The van der Waals surface area contributed by atoms with Gasteiger partial charge in [0.15, 0.2) is 0 Å². The molecule has 1 saturated heterocycles. The van der Waals surface area contributed by atoms with Crippen LogP contribution in [0.4, 0.5) is 0 Å². The molecule has 2 aromatic rings. The lowest BCUT2D eigenvalue weighted by molar-refractivity contribution is 0.0349. The number of carbonyl (C=O) groups excluding carboxylic acids is 1. The van der Waals surface area contributed by atoms with Crippen LogP contribution in [-0.2, 0) is 13.0 Å². The quantitative estimate of drug-likeness (QED) is 0.824. The van der Waals surface area contributed by atoms with Crippen LogP contribution in [0.5, 0.6) is 0 Å². The fraction of sp³-hybridized carbons (Fsp3) is 0.455. The van der Waals surface area contributed by atoms with Crippen LogP contribution < -0.4 is 5.32 Å². The maximum atomic E-state index is 12.3. The molecule has 0 saturated carbocycles. The van der Waals surface area contributed by atoms with Crippen molar-refractivity contribution in [2.75, 3.05) is 13.1 Å². The summed E-state index contributed by atoms with van der Waals surface area (Å²) in [4.78, 5) is 18.4. The van der Waals surface area contributed by atoms with Gasteiger partial charge in [0.2, 0.25) is 0 Å². The van der Waals surface area contributed by atoms with E-state index in [0.29, 0.717) is 18.0 Å². The highest BCUT2D eigenvalue weighted by Gasteiger charge is 2.29. The maximum Gasteiger partial charge on any atom is 0.251 e. The number of aliphatic hydroxyl groups excluding tert-OH is 1. The van der Waals surface area contributed by atoms with Crippen molar-refractivity contribution in [2.45, 2.75) is 45.4 Å². The van der Waals surface area contributed by atoms with E-state index in [0.717, 1.165) is 25.9 Å². The zero-order valence-electron chi connectivity index (χ0n) is 16.1. The Labute approximate surface area is 161 Å². The molecule has 5 heteroatoms. The van der Waals surface area contributed by atoms with Gasteiger partial charge in [0.1, 0.15) is 0 Å². The molecule has 0 unspecified atom stereocenters. The van der Waals surface area contributed by atoms with Crippen LogP contribution in [-0.4, -0.2) is 46.1 Å². The lowest BCUT2D eigenvalue weighted by Crippen LogP contribution is -2.53. The molecule has 0 radical (unpaired) electrons. The average Bonchev–Trinajstić information content (AvgIpc) is 2.66. The summed E-state index contributed by atoms with van der Waals surface area (Å²) < 4.78 is 0. The molecular formula is C22H29N3O2. The fourth-order valence-corrected chi connectivity index (χ4v) is 3.57. The van der Waals surface area contributed by atoms with E-state index in [1.807, 2.05) is 0 Å². The summed E-state index contributed by atoms with van der Waals surface area (Å²) in [6, 6.07) is 11.9. The number of benzene rings is 1. The number of hydrogen-bond donors (Lipinski definition) is 2. The van der Waals surface area contributed by atoms with E-state index < -0.39 is 6.10 Å². The van der Waals surface area contributed by atoms with E-state index in [1.165, 1.54) is 11.1 Å². The Bertz CT molecular complexity index is 731. The second-order valence-electron chi connectivity index (χ2n) is 7.82. The summed E-state index contributed by atoms with van der Waals surface area (Å²) in [5.74, 6) is 0.503. The van der Waals surface area contributed by atoms with Crippen molar-refractivity contribution >= 4 is 5.91 Å². The number of aliphatic hydroxyl groups is 1. The lowest BCUT2D eigenvalue weighted by Gasteiger charge is -2.36. The van der Waals surface area contributed by atoms with Crippen molar-refractivity contribution < 1.29 is 9.90 Å². The number of aromatic nitrogens is 1. The summed E-state index contributed by atoms with van der Waals surface area (Å²) in [6.45, 7) is 6.70. The third-order valence-corrected chi connectivity index (χ3v) is 5.00. The van der Waals surface area contributed by atoms with Gasteiger partial charge in [-0.3, -0.25) is 14.7 Å². The van der Waals surface area contributed by atoms with E-state index >= 15 is 0 Å². The molecule has 2 N–H and O–H groups in total. The van der Waals surface area contributed by atoms with E-state index in [4.69, 9.17) is 0 Å². The Morgan fingerprint density at radius 2 is 1.85 bits per heavy atom. The number of nitrogens with one attached hydrogen (secondary N) is 1. The van der Waals surface area contributed by atoms with Crippen molar-refractivity contribution in [3.63, 3.8) is 0 Å². The Hall–Kier alpha value is -2.24. The molecule has 144 valence electrons. The van der Waals surface area contributed by atoms with Crippen LogP contribution in [0.1, 0.15) is 41.8 Å². The smallest absolute Gasteiger partial charge is 0.251 e. The highest BCUT2D eigenvalue weighted by molar-refractivity contribution is 5.94. The predicted molar refractivity (Wildman–Crippen MR) is 106 cm³/mol. The first-order valence-corrected chi connectivity index (χ1v) is 9.70. The Morgan fingerprint density at radius 3 is 2.48 bits per heavy atom. The molecule has 0 spiro atoms. The summed E-state index contributed by atoms with van der Waals surface area (Å²) >= 11 is 0. The Morgan fingerprint density at radius 1 is 1.19 bits per heavy atom. The third kappa shape index (κ3) is 5.62. The first kappa shape index (κ1) is 19.5. The molecule has 1 aliphatic heterocycles. The lowest BCUT2D eigenvalue weighted by atomic mass is 9.99. The van der Waals surface area contributed by atoms with Gasteiger partial charge in [0.25, 0.3) is 5.91 Å². The van der Waals surface area contributed by atoms with Gasteiger partial charge in [-0.15, -0.1) is 0 Å². The minimum absolute atomic E-state index is 0.157. The van der Waals surface area contributed by atoms with Crippen LogP contribution in [0.15, 0.2) is 48.8 Å². The van der Waals surface area contributed by atoms with Crippen LogP contribution in [0.3, 0.4) is 0 Å². The number of rotatable bonds is 6. The average molecular weight is 367 g/mol. The van der Waals surface area contributed by atoms with Crippen molar-refractivity contribution in [1.29, 1.82) is 0 Å². The van der Waals surface area contributed by atoms with Gasteiger partial charge in [0, 0.05) is 37.6 Å². The van der Waals surface area contributed by atoms with E-state index in [2.05, 4.69) is 53.3 Å². The van der Waals surface area contributed by atoms with Gasteiger partial charge in [-0.1, -0.05) is 38.1 Å².